The number of hydrogen-bond donors (Lipinski definition) is 0. The quantitative estimate of drug-likeness (QED) is 0.205. The van der Waals surface area contributed by atoms with Gasteiger partial charge >= 0.3 is 0 Å². The van der Waals surface area contributed by atoms with Crippen molar-refractivity contribution in [2.75, 3.05) is 0 Å². The molecule has 0 unspecified atom stereocenters. The summed E-state index contributed by atoms with van der Waals surface area (Å²) < 4.78 is 0. The van der Waals surface area contributed by atoms with Gasteiger partial charge in [-0.3, -0.25) is 0 Å². The van der Waals surface area contributed by atoms with E-state index in [1.54, 1.807) is 0 Å². The summed E-state index contributed by atoms with van der Waals surface area (Å²) in [5, 5.41) is 19.1. The van der Waals surface area contributed by atoms with E-state index in [9.17, 15) is 0 Å². The van der Waals surface area contributed by atoms with E-state index in [2.05, 4.69) is 123 Å². The molecule has 0 aromatic heterocycles. The van der Waals surface area contributed by atoms with E-state index in [0.29, 0.717) is 0 Å². The van der Waals surface area contributed by atoms with Gasteiger partial charge in [-0.2, -0.15) is 0 Å². The fourth-order valence-electron chi connectivity index (χ4n) is 7.36. The molecule has 0 spiro atoms. The lowest BCUT2D eigenvalue weighted by Gasteiger charge is -2.14. The summed E-state index contributed by atoms with van der Waals surface area (Å²) in [6, 6.07) is 41.2. The minimum atomic E-state index is 1.28. The van der Waals surface area contributed by atoms with E-state index < -0.39 is 0 Å². The summed E-state index contributed by atoms with van der Waals surface area (Å²) in [6.45, 7) is 4.44. The van der Waals surface area contributed by atoms with E-state index in [1.165, 1.54) is 97.7 Å². The van der Waals surface area contributed by atoms with E-state index in [0.717, 1.165) is 0 Å². The molecule has 0 amide bonds. The zero-order valence-corrected chi connectivity index (χ0v) is 21.4. The molecular weight excluding hydrogens is 456 g/mol. The lowest BCUT2D eigenvalue weighted by atomic mass is 9.88. The highest BCUT2D eigenvalue weighted by molar-refractivity contribution is 6.41. The molecule has 38 heavy (non-hydrogen) atoms. The van der Waals surface area contributed by atoms with Crippen molar-refractivity contribution in [3.63, 3.8) is 0 Å². The third kappa shape index (κ3) is 2.45. The number of rotatable bonds is 1. The zero-order chi connectivity index (χ0) is 25.1. The van der Waals surface area contributed by atoms with Gasteiger partial charge in [-0.25, -0.2) is 0 Å². The van der Waals surface area contributed by atoms with Crippen LogP contribution in [-0.2, 0) is 0 Å². The smallest absolute Gasteiger partial charge is 0.000785 e. The Kier molecular flexibility index (Phi) is 3.75. The molecule has 0 radical (unpaired) electrons. The molecule has 0 nitrogen and oxygen atoms in total. The minimum Gasteiger partial charge on any atom is -0.0622 e. The van der Waals surface area contributed by atoms with Gasteiger partial charge in [-0.15, -0.1) is 0 Å². The molecule has 0 atom stereocenters. The Labute approximate surface area is 220 Å². The van der Waals surface area contributed by atoms with Crippen molar-refractivity contribution in [3.05, 3.63) is 120 Å². The summed E-state index contributed by atoms with van der Waals surface area (Å²) in [4.78, 5) is 0. The van der Waals surface area contributed by atoms with Crippen LogP contribution in [0.3, 0.4) is 0 Å². The molecule has 0 aliphatic rings. The average Bonchev–Trinajstić information content (AvgIpc) is 3.43. The number of hydrogen-bond acceptors (Lipinski definition) is 0. The molecule has 9 aromatic carbocycles. The predicted octanol–water partition coefficient (Wildman–Crippen LogP) is 10.9. The zero-order valence-electron chi connectivity index (χ0n) is 21.4. The van der Waals surface area contributed by atoms with Crippen molar-refractivity contribution in [2.45, 2.75) is 13.8 Å². The van der Waals surface area contributed by atoms with Gasteiger partial charge in [0.2, 0.25) is 0 Å². The highest BCUT2D eigenvalue weighted by Gasteiger charge is 2.22. The first-order chi connectivity index (χ1) is 18.7. The van der Waals surface area contributed by atoms with Gasteiger partial charge in [0.25, 0.3) is 0 Å². The summed E-state index contributed by atoms with van der Waals surface area (Å²) in [7, 11) is 0. The number of benzene rings is 7. The highest BCUT2D eigenvalue weighted by Crippen LogP contribution is 2.50. The summed E-state index contributed by atoms with van der Waals surface area (Å²) >= 11 is 0. The monoisotopic (exact) mass is 480 g/mol. The van der Waals surface area contributed by atoms with Gasteiger partial charge in [0.05, 0.1) is 0 Å². The third-order valence-corrected chi connectivity index (χ3v) is 8.75. The van der Waals surface area contributed by atoms with Crippen LogP contribution < -0.4 is 0 Å². The van der Waals surface area contributed by atoms with Crippen LogP contribution >= 0.6 is 0 Å². The van der Waals surface area contributed by atoms with Crippen LogP contribution in [0.2, 0.25) is 0 Å². The predicted molar refractivity (Wildman–Crippen MR) is 166 cm³/mol. The fourth-order valence-corrected chi connectivity index (χ4v) is 7.36. The van der Waals surface area contributed by atoms with Gasteiger partial charge < -0.3 is 0 Å². The Morgan fingerprint density at radius 1 is 0.342 bits per heavy atom. The maximum absolute atomic E-state index is 2.50. The lowest BCUT2D eigenvalue weighted by Crippen LogP contribution is -1.86. The Bertz CT molecular complexity index is 2380. The van der Waals surface area contributed by atoms with Crippen LogP contribution in [0.1, 0.15) is 11.1 Å². The topological polar surface area (TPSA) is 0 Å². The first-order valence-electron chi connectivity index (χ1n) is 13.4. The van der Waals surface area contributed by atoms with E-state index in [4.69, 9.17) is 0 Å². The first-order valence-corrected chi connectivity index (χ1v) is 13.4. The van der Waals surface area contributed by atoms with Crippen molar-refractivity contribution in [1.82, 2.24) is 0 Å². The molecule has 0 saturated carbocycles. The first kappa shape index (κ1) is 20.4. The molecule has 9 rings (SSSR count). The van der Waals surface area contributed by atoms with Gasteiger partial charge in [0, 0.05) is 0 Å². The maximum atomic E-state index is 2.50. The van der Waals surface area contributed by atoms with Crippen LogP contribution in [0.25, 0.3) is 86.5 Å². The second-order valence-corrected chi connectivity index (χ2v) is 11.1. The Morgan fingerprint density at radius 3 is 1.58 bits per heavy atom. The Hall–Kier alpha value is -4.68. The van der Waals surface area contributed by atoms with E-state index >= 15 is 0 Å². The normalized spacial score (nSPS) is 12.5. The molecule has 0 bridgehead atoms. The van der Waals surface area contributed by atoms with Crippen LogP contribution in [0.15, 0.2) is 109 Å². The molecule has 0 aliphatic heterocycles. The lowest BCUT2D eigenvalue weighted by molar-refractivity contribution is 1.50. The molecule has 0 saturated heterocycles. The van der Waals surface area contributed by atoms with E-state index in [-0.39, 0.29) is 0 Å². The van der Waals surface area contributed by atoms with E-state index in [1.807, 2.05) is 0 Å². The molecule has 0 aliphatic carbocycles. The standard InChI is InChI=1S/C38H24/c1-21-15-24-16-22(2)18-33-31-20-34-29(19-30(31)32(17-21)35(24)33)28-14-8-13-26-25-11-6-7-12-27(25)38(37(26)28)36(34)23-9-4-3-5-10-23/h3-20H,1-2H3. The van der Waals surface area contributed by atoms with Crippen molar-refractivity contribution in [2.24, 2.45) is 0 Å². The average molecular weight is 481 g/mol. The van der Waals surface area contributed by atoms with Crippen LogP contribution in [0, 0.1) is 13.8 Å². The van der Waals surface area contributed by atoms with Crippen LogP contribution in [0.5, 0.6) is 0 Å². The largest absolute Gasteiger partial charge is 0.0622 e. The SMILES string of the molecule is Cc1cc2cc(C)cc3c4cc5c(cc4c(c1)c23)c(-c1ccccc1)c1c2ccccc2c2cccc5c21. The highest BCUT2D eigenvalue weighted by atomic mass is 14.2. The molecule has 0 heterocycles. The van der Waals surface area contributed by atoms with Gasteiger partial charge in [0.15, 0.2) is 0 Å². The third-order valence-electron chi connectivity index (χ3n) is 8.75. The second kappa shape index (κ2) is 7.00. The van der Waals surface area contributed by atoms with Gasteiger partial charge in [0.1, 0.15) is 0 Å². The second-order valence-electron chi connectivity index (χ2n) is 11.1. The van der Waals surface area contributed by atoms with Crippen molar-refractivity contribution < 1.29 is 0 Å². The van der Waals surface area contributed by atoms with Crippen molar-refractivity contribution >= 4 is 75.4 Å². The number of aryl methyl sites for hydroxylation is 2. The van der Waals surface area contributed by atoms with Crippen LogP contribution in [-0.4, -0.2) is 0 Å². The van der Waals surface area contributed by atoms with Crippen molar-refractivity contribution in [3.8, 4) is 11.1 Å². The van der Waals surface area contributed by atoms with Gasteiger partial charge in [-0.1, -0.05) is 97.1 Å². The summed E-state index contributed by atoms with van der Waals surface area (Å²) in [6.07, 6.45) is 0. The van der Waals surface area contributed by atoms with Gasteiger partial charge in [-0.05, 0) is 124 Å². The minimum absolute atomic E-state index is 1.28. The Balaban J connectivity index is 1.63. The van der Waals surface area contributed by atoms with Crippen LogP contribution in [0.4, 0.5) is 0 Å². The molecule has 9 aromatic rings. The molecule has 176 valence electrons. The maximum Gasteiger partial charge on any atom is -0.000785 e. The Morgan fingerprint density at radius 2 is 0.868 bits per heavy atom. The molecule has 0 heteroatoms. The fraction of sp³-hybridized carbons (Fsp3) is 0.0526. The molecule has 0 N–H and O–H groups in total. The number of fused-ring (bicyclic) bond motifs is 8. The molecule has 0 fully saturated rings. The summed E-state index contributed by atoms with van der Waals surface area (Å²) in [5.74, 6) is 0. The molecular formula is C38H24. The van der Waals surface area contributed by atoms with Crippen molar-refractivity contribution in [1.29, 1.82) is 0 Å². The summed E-state index contributed by atoms with van der Waals surface area (Å²) in [5.41, 5.74) is 5.26.